The zero-order valence-electron chi connectivity index (χ0n) is 10.9. The van der Waals surface area contributed by atoms with Gasteiger partial charge < -0.3 is 9.47 Å². The topological polar surface area (TPSA) is 38.8 Å². The Morgan fingerprint density at radius 3 is 2.78 bits per heavy atom. The highest BCUT2D eigenvalue weighted by atomic mass is 35.5. The second-order valence-electron chi connectivity index (χ2n) is 3.93. The van der Waals surface area contributed by atoms with Crippen LogP contribution in [0, 0.1) is 0 Å². The molecule has 18 heavy (non-hydrogen) atoms. The van der Waals surface area contributed by atoms with Gasteiger partial charge >= 0.3 is 5.97 Å². The first kappa shape index (κ1) is 14.8. The first-order valence-corrected chi connectivity index (χ1v) is 6.11. The summed E-state index contributed by atoms with van der Waals surface area (Å²) in [7, 11) is 3.45. The normalized spacial score (nSPS) is 10.5. The average molecular weight is 272 g/mol. The van der Waals surface area contributed by atoms with Gasteiger partial charge in [-0.15, -0.1) is 0 Å². The van der Waals surface area contributed by atoms with E-state index >= 15 is 0 Å². The fraction of sp³-hybridized carbons (Fsp3) is 0.462. The van der Waals surface area contributed by atoms with Crippen LogP contribution in [0.3, 0.4) is 0 Å². The van der Waals surface area contributed by atoms with E-state index in [9.17, 15) is 4.79 Å². The van der Waals surface area contributed by atoms with E-state index in [1.54, 1.807) is 20.1 Å². The predicted octanol–water partition coefficient (Wildman–Crippen LogP) is 2.34. The highest BCUT2D eigenvalue weighted by Crippen LogP contribution is 2.23. The van der Waals surface area contributed by atoms with E-state index in [0.29, 0.717) is 18.2 Å². The molecule has 0 saturated heterocycles. The summed E-state index contributed by atoms with van der Waals surface area (Å²) in [6.07, 6.45) is 0. The number of hydrogen-bond donors (Lipinski definition) is 0. The molecule has 0 saturated carbocycles. The first-order valence-electron chi connectivity index (χ1n) is 5.73. The zero-order chi connectivity index (χ0) is 13.5. The Balaban J connectivity index is 2.66. The van der Waals surface area contributed by atoms with Gasteiger partial charge in [0.15, 0.2) is 0 Å². The molecule has 0 aliphatic heterocycles. The second-order valence-corrected chi connectivity index (χ2v) is 4.37. The molecule has 1 rings (SSSR count). The molecule has 0 aliphatic rings. The molecule has 100 valence electrons. The van der Waals surface area contributed by atoms with Crippen molar-refractivity contribution in [1.82, 2.24) is 4.90 Å². The summed E-state index contributed by atoms with van der Waals surface area (Å²) in [6, 6.07) is 5.42. The Hall–Kier alpha value is -1.26. The molecule has 1 aromatic rings. The Kier molecular flexibility index (Phi) is 5.95. The summed E-state index contributed by atoms with van der Waals surface area (Å²) in [5, 5.41) is 0.648. The lowest BCUT2D eigenvalue weighted by Crippen LogP contribution is -2.27. The molecule has 0 N–H and O–H groups in total. The average Bonchev–Trinajstić information content (AvgIpc) is 2.29. The summed E-state index contributed by atoms with van der Waals surface area (Å²) < 4.78 is 10.1. The maximum absolute atomic E-state index is 11.3. The third-order valence-corrected chi connectivity index (χ3v) is 2.62. The van der Waals surface area contributed by atoms with E-state index in [4.69, 9.17) is 21.1 Å². The van der Waals surface area contributed by atoms with Crippen molar-refractivity contribution in [3.8, 4) is 5.75 Å². The van der Waals surface area contributed by atoms with Gasteiger partial charge in [0, 0.05) is 17.1 Å². The molecule has 5 heteroatoms. The smallest absolute Gasteiger partial charge is 0.320 e. The molecule has 0 radical (unpaired) electrons. The summed E-state index contributed by atoms with van der Waals surface area (Å²) in [6.45, 7) is 3.00. The van der Waals surface area contributed by atoms with Crippen LogP contribution in [0.4, 0.5) is 0 Å². The van der Waals surface area contributed by atoms with Crippen LogP contribution in [0.25, 0.3) is 0 Å². The maximum Gasteiger partial charge on any atom is 0.320 e. The number of ether oxygens (including phenoxy) is 2. The molecule has 0 spiro atoms. The van der Waals surface area contributed by atoms with Crippen molar-refractivity contribution in [3.05, 3.63) is 28.8 Å². The van der Waals surface area contributed by atoms with E-state index in [-0.39, 0.29) is 12.5 Å². The lowest BCUT2D eigenvalue weighted by Gasteiger charge is -2.17. The highest BCUT2D eigenvalue weighted by molar-refractivity contribution is 6.30. The molecule has 0 fully saturated rings. The number of hydrogen-bond acceptors (Lipinski definition) is 4. The van der Waals surface area contributed by atoms with Crippen molar-refractivity contribution in [2.24, 2.45) is 0 Å². The van der Waals surface area contributed by atoms with E-state index in [1.165, 1.54) is 0 Å². The first-order chi connectivity index (χ1) is 8.56. The summed E-state index contributed by atoms with van der Waals surface area (Å²) >= 11 is 5.95. The maximum atomic E-state index is 11.3. The number of nitrogens with zero attached hydrogens (tertiary/aromatic N) is 1. The predicted molar refractivity (Wildman–Crippen MR) is 71.0 cm³/mol. The van der Waals surface area contributed by atoms with Crippen LogP contribution in [0.15, 0.2) is 18.2 Å². The van der Waals surface area contributed by atoms with Crippen molar-refractivity contribution < 1.29 is 14.3 Å². The Bertz CT molecular complexity index is 409. The van der Waals surface area contributed by atoms with Gasteiger partial charge in [0.2, 0.25) is 0 Å². The summed E-state index contributed by atoms with van der Waals surface area (Å²) in [5.74, 6) is 0.524. The van der Waals surface area contributed by atoms with Crippen LogP contribution >= 0.6 is 11.6 Å². The minimum atomic E-state index is -0.235. The van der Waals surface area contributed by atoms with Crippen LogP contribution in [-0.4, -0.2) is 38.2 Å². The van der Waals surface area contributed by atoms with Gasteiger partial charge in [-0.3, -0.25) is 9.69 Å². The molecule has 0 atom stereocenters. The number of likely N-dealkylation sites (N-methyl/N-ethyl adjacent to an activating group) is 1. The number of rotatable bonds is 6. The number of esters is 1. The monoisotopic (exact) mass is 271 g/mol. The van der Waals surface area contributed by atoms with Gasteiger partial charge in [0.25, 0.3) is 0 Å². The molecule has 0 unspecified atom stereocenters. The van der Waals surface area contributed by atoms with Gasteiger partial charge in [-0.1, -0.05) is 11.6 Å². The van der Waals surface area contributed by atoms with E-state index in [1.807, 2.05) is 24.1 Å². The molecular formula is C13H18ClNO3. The standard InChI is InChI=1S/C13H18ClNO3/c1-4-18-13(16)9-15(2)8-10-7-11(14)5-6-12(10)17-3/h5-7H,4,8-9H2,1-3H3. The van der Waals surface area contributed by atoms with Crippen molar-refractivity contribution in [3.63, 3.8) is 0 Å². The molecule has 0 bridgehead atoms. The van der Waals surface area contributed by atoms with Crippen molar-refractivity contribution in [2.75, 3.05) is 27.3 Å². The van der Waals surface area contributed by atoms with E-state index in [2.05, 4.69) is 0 Å². The quantitative estimate of drug-likeness (QED) is 0.745. The largest absolute Gasteiger partial charge is 0.496 e. The Morgan fingerprint density at radius 2 is 2.17 bits per heavy atom. The Labute approximate surface area is 112 Å². The third kappa shape index (κ3) is 4.55. The molecule has 4 nitrogen and oxygen atoms in total. The van der Waals surface area contributed by atoms with Crippen LogP contribution in [-0.2, 0) is 16.1 Å². The summed E-state index contributed by atoms with van der Waals surface area (Å²) in [5.41, 5.74) is 0.941. The van der Waals surface area contributed by atoms with Gasteiger partial charge in [0.05, 0.1) is 20.3 Å². The SMILES string of the molecule is CCOC(=O)CN(C)Cc1cc(Cl)ccc1OC. The van der Waals surface area contributed by atoms with Gasteiger partial charge in [-0.05, 0) is 32.2 Å². The molecule has 0 heterocycles. The van der Waals surface area contributed by atoms with Gasteiger partial charge in [-0.25, -0.2) is 0 Å². The van der Waals surface area contributed by atoms with E-state index in [0.717, 1.165) is 11.3 Å². The Morgan fingerprint density at radius 1 is 1.44 bits per heavy atom. The molecule has 1 aromatic carbocycles. The van der Waals surface area contributed by atoms with Crippen LogP contribution in [0.1, 0.15) is 12.5 Å². The molecule has 0 aliphatic carbocycles. The minimum Gasteiger partial charge on any atom is -0.496 e. The lowest BCUT2D eigenvalue weighted by atomic mass is 10.2. The van der Waals surface area contributed by atoms with Crippen molar-refractivity contribution >= 4 is 17.6 Å². The lowest BCUT2D eigenvalue weighted by molar-refractivity contribution is -0.144. The highest BCUT2D eigenvalue weighted by Gasteiger charge is 2.11. The molecule has 0 aromatic heterocycles. The third-order valence-electron chi connectivity index (χ3n) is 2.39. The number of carbonyl (C=O) groups excluding carboxylic acids is 1. The van der Waals surface area contributed by atoms with Crippen LogP contribution < -0.4 is 4.74 Å². The summed E-state index contributed by atoms with van der Waals surface area (Å²) in [4.78, 5) is 13.2. The van der Waals surface area contributed by atoms with Crippen molar-refractivity contribution in [1.29, 1.82) is 0 Å². The molecular weight excluding hydrogens is 254 g/mol. The zero-order valence-corrected chi connectivity index (χ0v) is 11.7. The number of benzene rings is 1. The van der Waals surface area contributed by atoms with Gasteiger partial charge in [0.1, 0.15) is 5.75 Å². The fourth-order valence-electron chi connectivity index (χ4n) is 1.64. The van der Waals surface area contributed by atoms with Crippen LogP contribution in [0.2, 0.25) is 5.02 Å². The van der Waals surface area contributed by atoms with Crippen molar-refractivity contribution in [2.45, 2.75) is 13.5 Å². The van der Waals surface area contributed by atoms with E-state index < -0.39 is 0 Å². The molecule has 0 amide bonds. The number of methoxy groups -OCH3 is 1. The fourth-order valence-corrected chi connectivity index (χ4v) is 1.84. The minimum absolute atomic E-state index is 0.235. The number of carbonyl (C=O) groups is 1. The van der Waals surface area contributed by atoms with Crippen LogP contribution in [0.5, 0.6) is 5.75 Å². The second kappa shape index (κ2) is 7.24. The van der Waals surface area contributed by atoms with Gasteiger partial charge in [-0.2, -0.15) is 0 Å². The number of halogens is 1.